The number of aromatic nitrogens is 1. The SMILES string of the molecule is CCN=Cc1cccc(CO)n1. The van der Waals surface area contributed by atoms with Crippen LogP contribution in [-0.4, -0.2) is 22.8 Å². The van der Waals surface area contributed by atoms with E-state index in [1.165, 1.54) is 0 Å². The van der Waals surface area contributed by atoms with E-state index in [9.17, 15) is 0 Å². The zero-order chi connectivity index (χ0) is 8.81. The van der Waals surface area contributed by atoms with Crippen LogP contribution in [0.15, 0.2) is 23.2 Å². The molecule has 0 aliphatic heterocycles. The minimum absolute atomic E-state index is 0.0200. The minimum Gasteiger partial charge on any atom is -0.390 e. The van der Waals surface area contributed by atoms with Gasteiger partial charge in [0, 0.05) is 12.8 Å². The lowest BCUT2D eigenvalue weighted by Crippen LogP contribution is -1.93. The van der Waals surface area contributed by atoms with Gasteiger partial charge in [-0.15, -0.1) is 0 Å². The fourth-order valence-electron chi connectivity index (χ4n) is 0.843. The molecule has 0 radical (unpaired) electrons. The van der Waals surface area contributed by atoms with Crippen LogP contribution in [0.3, 0.4) is 0 Å². The highest BCUT2D eigenvalue weighted by Crippen LogP contribution is 1.96. The Hall–Kier alpha value is -1.22. The Kier molecular flexibility index (Phi) is 3.41. The van der Waals surface area contributed by atoms with E-state index in [0.29, 0.717) is 5.69 Å². The summed E-state index contributed by atoms with van der Waals surface area (Å²) in [5, 5.41) is 8.78. The Labute approximate surface area is 71.8 Å². The Morgan fingerprint density at radius 3 is 3.08 bits per heavy atom. The molecule has 1 aromatic rings. The zero-order valence-corrected chi connectivity index (χ0v) is 7.07. The highest BCUT2D eigenvalue weighted by Gasteiger charge is 1.91. The van der Waals surface area contributed by atoms with Gasteiger partial charge in [-0.25, -0.2) is 4.98 Å². The number of aliphatic imine (C=N–C) groups is 1. The van der Waals surface area contributed by atoms with Crippen molar-refractivity contribution in [3.05, 3.63) is 29.6 Å². The second-order valence-corrected chi connectivity index (χ2v) is 2.34. The fraction of sp³-hybridized carbons (Fsp3) is 0.333. The molecule has 12 heavy (non-hydrogen) atoms. The molecule has 0 bridgehead atoms. The summed E-state index contributed by atoms with van der Waals surface area (Å²) in [6.45, 7) is 2.70. The molecule has 1 heterocycles. The Morgan fingerprint density at radius 1 is 1.58 bits per heavy atom. The van der Waals surface area contributed by atoms with Gasteiger partial charge < -0.3 is 5.11 Å². The Bertz CT molecular complexity index is 271. The topological polar surface area (TPSA) is 45.5 Å². The van der Waals surface area contributed by atoms with Crippen LogP contribution >= 0.6 is 0 Å². The predicted octanol–water partition coefficient (Wildman–Crippen LogP) is 1.01. The third-order valence-corrected chi connectivity index (χ3v) is 1.40. The molecule has 0 amide bonds. The number of rotatable bonds is 3. The van der Waals surface area contributed by atoms with Crippen LogP contribution in [-0.2, 0) is 6.61 Å². The van der Waals surface area contributed by atoms with Crippen molar-refractivity contribution in [3.8, 4) is 0 Å². The third-order valence-electron chi connectivity index (χ3n) is 1.40. The molecule has 0 saturated heterocycles. The van der Waals surface area contributed by atoms with Gasteiger partial charge in [-0.3, -0.25) is 4.99 Å². The summed E-state index contributed by atoms with van der Waals surface area (Å²) in [4.78, 5) is 8.18. The first-order valence-corrected chi connectivity index (χ1v) is 3.93. The van der Waals surface area contributed by atoms with Gasteiger partial charge in [0.25, 0.3) is 0 Å². The van der Waals surface area contributed by atoms with E-state index in [0.717, 1.165) is 12.2 Å². The molecule has 0 aromatic carbocycles. The molecule has 3 nitrogen and oxygen atoms in total. The van der Waals surface area contributed by atoms with Crippen molar-refractivity contribution in [2.24, 2.45) is 4.99 Å². The second-order valence-electron chi connectivity index (χ2n) is 2.34. The van der Waals surface area contributed by atoms with Crippen LogP contribution in [0.25, 0.3) is 0 Å². The molecule has 0 unspecified atom stereocenters. The Morgan fingerprint density at radius 2 is 2.42 bits per heavy atom. The van der Waals surface area contributed by atoms with E-state index < -0.39 is 0 Å². The fourth-order valence-corrected chi connectivity index (χ4v) is 0.843. The summed E-state index contributed by atoms with van der Waals surface area (Å²) in [6.07, 6.45) is 1.71. The van der Waals surface area contributed by atoms with Crippen molar-refractivity contribution in [2.45, 2.75) is 13.5 Å². The maximum absolute atomic E-state index is 8.78. The minimum atomic E-state index is -0.0200. The smallest absolute Gasteiger partial charge is 0.0853 e. The van der Waals surface area contributed by atoms with Gasteiger partial charge in [-0.1, -0.05) is 6.07 Å². The first kappa shape index (κ1) is 8.87. The van der Waals surface area contributed by atoms with Crippen LogP contribution in [0.5, 0.6) is 0 Å². The second kappa shape index (κ2) is 4.62. The van der Waals surface area contributed by atoms with Gasteiger partial charge >= 0.3 is 0 Å². The molecular weight excluding hydrogens is 152 g/mol. The normalized spacial score (nSPS) is 10.8. The van der Waals surface area contributed by atoms with E-state index in [-0.39, 0.29) is 6.61 Å². The lowest BCUT2D eigenvalue weighted by molar-refractivity contribution is 0.277. The largest absolute Gasteiger partial charge is 0.390 e. The lowest BCUT2D eigenvalue weighted by atomic mass is 10.3. The molecule has 0 aliphatic rings. The van der Waals surface area contributed by atoms with E-state index in [1.807, 2.05) is 19.1 Å². The van der Waals surface area contributed by atoms with Crippen molar-refractivity contribution in [2.75, 3.05) is 6.54 Å². The number of pyridine rings is 1. The average molecular weight is 164 g/mol. The van der Waals surface area contributed by atoms with Gasteiger partial charge in [-0.2, -0.15) is 0 Å². The monoisotopic (exact) mass is 164 g/mol. The van der Waals surface area contributed by atoms with Crippen molar-refractivity contribution in [1.82, 2.24) is 4.98 Å². The Balaban J connectivity index is 2.79. The van der Waals surface area contributed by atoms with Crippen LogP contribution in [0.4, 0.5) is 0 Å². The molecule has 0 spiro atoms. The quantitative estimate of drug-likeness (QED) is 0.678. The molecular formula is C9H12N2O. The van der Waals surface area contributed by atoms with E-state index in [1.54, 1.807) is 12.3 Å². The number of aliphatic hydroxyl groups excluding tert-OH is 1. The standard InChI is InChI=1S/C9H12N2O/c1-2-10-6-8-4-3-5-9(7-12)11-8/h3-6,12H,2,7H2,1H3. The zero-order valence-electron chi connectivity index (χ0n) is 7.07. The molecule has 1 aromatic heterocycles. The van der Waals surface area contributed by atoms with Crippen molar-refractivity contribution in [1.29, 1.82) is 0 Å². The lowest BCUT2D eigenvalue weighted by Gasteiger charge is -1.95. The molecule has 0 saturated carbocycles. The first-order valence-electron chi connectivity index (χ1n) is 3.93. The van der Waals surface area contributed by atoms with Gasteiger partial charge in [0.15, 0.2) is 0 Å². The number of hydrogen-bond acceptors (Lipinski definition) is 3. The van der Waals surface area contributed by atoms with Crippen LogP contribution in [0.1, 0.15) is 18.3 Å². The van der Waals surface area contributed by atoms with Crippen LogP contribution in [0.2, 0.25) is 0 Å². The molecule has 64 valence electrons. The summed E-state index contributed by atoms with van der Waals surface area (Å²) in [7, 11) is 0. The third kappa shape index (κ3) is 2.43. The van der Waals surface area contributed by atoms with E-state index in [4.69, 9.17) is 5.11 Å². The summed E-state index contributed by atoms with van der Waals surface area (Å²) >= 11 is 0. The maximum atomic E-state index is 8.78. The maximum Gasteiger partial charge on any atom is 0.0853 e. The van der Waals surface area contributed by atoms with Gasteiger partial charge in [0.1, 0.15) is 0 Å². The van der Waals surface area contributed by atoms with Gasteiger partial charge in [0.05, 0.1) is 18.0 Å². The predicted molar refractivity (Wildman–Crippen MR) is 48.3 cm³/mol. The van der Waals surface area contributed by atoms with Crippen LogP contribution < -0.4 is 0 Å². The summed E-state index contributed by atoms with van der Waals surface area (Å²) in [5.41, 5.74) is 1.47. The number of nitrogens with zero attached hydrogens (tertiary/aromatic N) is 2. The van der Waals surface area contributed by atoms with Crippen molar-refractivity contribution >= 4 is 6.21 Å². The van der Waals surface area contributed by atoms with Crippen LogP contribution in [0, 0.1) is 0 Å². The van der Waals surface area contributed by atoms with Crippen molar-refractivity contribution in [3.63, 3.8) is 0 Å². The number of hydrogen-bond donors (Lipinski definition) is 1. The first-order chi connectivity index (χ1) is 5.86. The van der Waals surface area contributed by atoms with Gasteiger partial charge in [-0.05, 0) is 19.1 Å². The highest BCUT2D eigenvalue weighted by atomic mass is 16.3. The molecule has 3 heteroatoms. The average Bonchev–Trinajstić information content (AvgIpc) is 2.15. The highest BCUT2D eigenvalue weighted by molar-refractivity contribution is 5.76. The summed E-state index contributed by atoms with van der Waals surface area (Å²) < 4.78 is 0. The molecule has 1 N–H and O–H groups in total. The number of aliphatic hydroxyl groups is 1. The molecule has 1 rings (SSSR count). The summed E-state index contributed by atoms with van der Waals surface area (Å²) in [6, 6.07) is 5.50. The molecule has 0 atom stereocenters. The van der Waals surface area contributed by atoms with E-state index >= 15 is 0 Å². The van der Waals surface area contributed by atoms with Gasteiger partial charge in [0.2, 0.25) is 0 Å². The molecule has 0 aliphatic carbocycles. The summed E-state index contributed by atoms with van der Waals surface area (Å²) in [5.74, 6) is 0. The van der Waals surface area contributed by atoms with Crippen molar-refractivity contribution < 1.29 is 5.11 Å². The van der Waals surface area contributed by atoms with E-state index in [2.05, 4.69) is 9.98 Å². The molecule has 0 fully saturated rings.